The standard InChI is InChI=1S/C25H21BrClN3O3S/c26-20-5-11-23(12-6-20)34(32,33)30(15-18-1-7-21(27)8-2-18)16-24(31)29-22-9-3-19(4-10-22)25(17-28)13-14-25/h1-12H,13-16H2,(H,29,31). The van der Waals surface area contributed by atoms with Crippen molar-refractivity contribution >= 4 is 49.1 Å². The Labute approximate surface area is 212 Å². The number of carbonyl (C=O) groups is 1. The SMILES string of the molecule is N#CC1(c2ccc(NC(=O)CN(Cc3ccc(Cl)cc3)S(=O)(=O)c3ccc(Br)cc3)cc2)CC1. The van der Waals surface area contributed by atoms with E-state index >= 15 is 0 Å². The molecule has 3 aromatic carbocycles. The van der Waals surface area contributed by atoms with Crippen molar-refractivity contribution < 1.29 is 13.2 Å². The molecule has 0 saturated heterocycles. The minimum atomic E-state index is -3.95. The zero-order valence-electron chi connectivity index (χ0n) is 18.0. The average molecular weight is 559 g/mol. The van der Waals surface area contributed by atoms with Crippen LogP contribution < -0.4 is 5.32 Å². The van der Waals surface area contributed by atoms with Gasteiger partial charge in [0.2, 0.25) is 15.9 Å². The number of hydrogen-bond acceptors (Lipinski definition) is 4. The van der Waals surface area contributed by atoms with Crippen molar-refractivity contribution in [2.24, 2.45) is 0 Å². The van der Waals surface area contributed by atoms with E-state index in [2.05, 4.69) is 27.3 Å². The third kappa shape index (κ3) is 5.50. The summed E-state index contributed by atoms with van der Waals surface area (Å²) in [6.45, 7) is -0.364. The highest BCUT2D eigenvalue weighted by atomic mass is 79.9. The first kappa shape index (κ1) is 24.4. The Kier molecular flexibility index (Phi) is 7.10. The van der Waals surface area contributed by atoms with Gasteiger partial charge in [0.15, 0.2) is 0 Å². The zero-order valence-corrected chi connectivity index (χ0v) is 21.2. The normalized spacial score (nSPS) is 14.4. The van der Waals surface area contributed by atoms with Gasteiger partial charge in [0, 0.05) is 21.7 Å². The van der Waals surface area contributed by atoms with Crippen LogP contribution >= 0.6 is 27.5 Å². The molecule has 6 nitrogen and oxygen atoms in total. The number of hydrogen-bond donors (Lipinski definition) is 1. The Balaban J connectivity index is 1.53. The lowest BCUT2D eigenvalue weighted by molar-refractivity contribution is -0.116. The Morgan fingerprint density at radius 2 is 1.65 bits per heavy atom. The van der Waals surface area contributed by atoms with Crippen molar-refractivity contribution in [1.82, 2.24) is 4.31 Å². The van der Waals surface area contributed by atoms with Gasteiger partial charge in [-0.25, -0.2) is 8.42 Å². The summed E-state index contributed by atoms with van der Waals surface area (Å²) in [5, 5.41) is 12.7. The van der Waals surface area contributed by atoms with Crippen LogP contribution in [0.25, 0.3) is 0 Å². The highest BCUT2D eigenvalue weighted by Crippen LogP contribution is 2.47. The van der Waals surface area contributed by atoms with Crippen molar-refractivity contribution in [1.29, 1.82) is 5.26 Å². The fraction of sp³-hybridized carbons (Fsp3) is 0.200. The molecular formula is C25H21BrClN3O3S. The molecule has 0 spiro atoms. The summed E-state index contributed by atoms with van der Waals surface area (Å²) in [6.07, 6.45) is 1.67. The van der Waals surface area contributed by atoms with Crippen LogP contribution in [0, 0.1) is 11.3 Å². The van der Waals surface area contributed by atoms with Crippen LogP contribution in [0.1, 0.15) is 24.0 Å². The Hall–Kier alpha value is -2.70. The van der Waals surface area contributed by atoms with E-state index in [4.69, 9.17) is 11.6 Å². The van der Waals surface area contributed by atoms with Gasteiger partial charge in [-0.15, -0.1) is 0 Å². The molecule has 0 atom stereocenters. The maximum absolute atomic E-state index is 13.4. The van der Waals surface area contributed by atoms with E-state index in [1.165, 1.54) is 12.1 Å². The first-order valence-corrected chi connectivity index (χ1v) is 13.1. The van der Waals surface area contributed by atoms with Crippen LogP contribution in [0.15, 0.2) is 82.2 Å². The van der Waals surface area contributed by atoms with Gasteiger partial charge in [0.1, 0.15) is 0 Å². The van der Waals surface area contributed by atoms with Gasteiger partial charge >= 0.3 is 0 Å². The lowest BCUT2D eigenvalue weighted by atomic mass is 9.98. The fourth-order valence-corrected chi connectivity index (χ4v) is 5.37. The van der Waals surface area contributed by atoms with E-state index in [0.717, 1.165) is 27.2 Å². The molecule has 0 radical (unpaired) electrons. The van der Waals surface area contributed by atoms with E-state index in [-0.39, 0.29) is 18.0 Å². The van der Waals surface area contributed by atoms with Gasteiger partial charge in [0.25, 0.3) is 0 Å². The molecule has 0 unspecified atom stereocenters. The molecular weight excluding hydrogens is 538 g/mol. The van der Waals surface area contributed by atoms with Crippen molar-refractivity contribution in [3.05, 3.63) is 93.4 Å². The monoisotopic (exact) mass is 557 g/mol. The Morgan fingerprint density at radius 3 is 2.21 bits per heavy atom. The minimum absolute atomic E-state index is 0.00656. The molecule has 0 aromatic heterocycles. The number of nitrogens with one attached hydrogen (secondary N) is 1. The van der Waals surface area contributed by atoms with Crippen molar-refractivity contribution in [3.63, 3.8) is 0 Å². The minimum Gasteiger partial charge on any atom is -0.325 e. The summed E-state index contributed by atoms with van der Waals surface area (Å²) in [4.78, 5) is 12.9. The zero-order chi connectivity index (χ0) is 24.3. The second-order valence-electron chi connectivity index (χ2n) is 8.17. The van der Waals surface area contributed by atoms with Gasteiger partial charge < -0.3 is 5.32 Å². The summed E-state index contributed by atoms with van der Waals surface area (Å²) < 4.78 is 28.6. The second kappa shape index (κ2) is 9.88. The molecule has 1 N–H and O–H groups in total. The Morgan fingerprint density at radius 1 is 1.03 bits per heavy atom. The average Bonchev–Trinajstić information content (AvgIpc) is 3.62. The van der Waals surface area contributed by atoms with Crippen LogP contribution in [0.5, 0.6) is 0 Å². The van der Waals surface area contributed by atoms with Crippen molar-refractivity contribution in [2.45, 2.75) is 29.7 Å². The number of nitriles is 1. The molecule has 3 aromatic rings. The summed E-state index contributed by atoms with van der Waals surface area (Å²) in [7, 11) is -3.95. The summed E-state index contributed by atoms with van der Waals surface area (Å²) in [5.74, 6) is -0.469. The van der Waals surface area contributed by atoms with Gasteiger partial charge in [0.05, 0.1) is 22.9 Å². The highest BCUT2D eigenvalue weighted by molar-refractivity contribution is 9.10. The molecule has 0 bridgehead atoms. The third-order valence-electron chi connectivity index (χ3n) is 5.73. The molecule has 1 aliphatic carbocycles. The van der Waals surface area contributed by atoms with Crippen LogP contribution in [0.2, 0.25) is 5.02 Å². The number of anilines is 1. The number of amides is 1. The van der Waals surface area contributed by atoms with Crippen LogP contribution in [-0.2, 0) is 26.8 Å². The van der Waals surface area contributed by atoms with Crippen LogP contribution in [0.4, 0.5) is 5.69 Å². The van der Waals surface area contributed by atoms with Gasteiger partial charge in [-0.3, -0.25) is 4.79 Å². The molecule has 1 fully saturated rings. The number of sulfonamides is 1. The number of rotatable bonds is 8. The third-order valence-corrected chi connectivity index (χ3v) is 8.32. The maximum Gasteiger partial charge on any atom is 0.243 e. The molecule has 34 heavy (non-hydrogen) atoms. The Bertz CT molecular complexity index is 1330. The largest absolute Gasteiger partial charge is 0.325 e. The first-order chi connectivity index (χ1) is 16.2. The van der Waals surface area contributed by atoms with E-state index in [1.54, 1.807) is 48.5 Å². The van der Waals surface area contributed by atoms with Gasteiger partial charge in [-0.1, -0.05) is 51.8 Å². The summed E-state index contributed by atoms with van der Waals surface area (Å²) >= 11 is 9.27. The number of benzene rings is 3. The molecule has 1 aliphatic rings. The number of nitrogens with zero attached hydrogens (tertiary/aromatic N) is 2. The van der Waals surface area contributed by atoms with Gasteiger partial charge in [-0.2, -0.15) is 9.57 Å². The second-order valence-corrected chi connectivity index (χ2v) is 11.5. The highest BCUT2D eigenvalue weighted by Gasteiger charge is 2.44. The predicted molar refractivity (Wildman–Crippen MR) is 135 cm³/mol. The van der Waals surface area contributed by atoms with Crippen LogP contribution in [0.3, 0.4) is 0 Å². The first-order valence-electron chi connectivity index (χ1n) is 10.5. The molecule has 1 amide bonds. The van der Waals surface area contributed by atoms with E-state index < -0.39 is 21.3 Å². The smallest absolute Gasteiger partial charge is 0.243 e. The fourth-order valence-electron chi connectivity index (χ4n) is 3.60. The molecule has 0 aliphatic heterocycles. The van der Waals surface area contributed by atoms with E-state index in [1.807, 2.05) is 12.1 Å². The van der Waals surface area contributed by atoms with Crippen molar-refractivity contribution in [3.8, 4) is 6.07 Å². The van der Waals surface area contributed by atoms with Crippen molar-refractivity contribution in [2.75, 3.05) is 11.9 Å². The molecule has 1 saturated carbocycles. The molecule has 4 rings (SSSR count). The summed E-state index contributed by atoms with van der Waals surface area (Å²) in [6, 6.07) is 22.6. The summed E-state index contributed by atoms with van der Waals surface area (Å²) in [5.41, 5.74) is 1.76. The number of carbonyl (C=O) groups excluding carboxylic acids is 1. The number of halogens is 2. The van der Waals surface area contributed by atoms with E-state index in [9.17, 15) is 18.5 Å². The van der Waals surface area contributed by atoms with Gasteiger partial charge in [-0.05, 0) is 72.5 Å². The van der Waals surface area contributed by atoms with Crippen LogP contribution in [-0.4, -0.2) is 25.2 Å². The lowest BCUT2D eigenvalue weighted by Gasteiger charge is -2.22. The predicted octanol–water partition coefficient (Wildman–Crippen LogP) is 5.49. The molecule has 9 heteroatoms. The molecule has 0 heterocycles. The topological polar surface area (TPSA) is 90.3 Å². The quantitative estimate of drug-likeness (QED) is 0.396. The molecule has 174 valence electrons. The maximum atomic E-state index is 13.4. The van der Waals surface area contributed by atoms with E-state index in [0.29, 0.717) is 16.3 Å². The lowest BCUT2D eigenvalue weighted by Crippen LogP contribution is -2.37.